The number of carbonyl (C=O) groups excluding carboxylic acids is 2. The molecule has 2 unspecified atom stereocenters. The van der Waals surface area contributed by atoms with Gasteiger partial charge in [0.2, 0.25) is 0 Å². The van der Waals surface area contributed by atoms with Crippen molar-refractivity contribution < 1.29 is 19.1 Å². The zero-order chi connectivity index (χ0) is 38.7. The number of hydrogen-bond donors (Lipinski definition) is 0. The molecule has 8 heteroatoms. The monoisotopic (exact) mass is 712 g/mol. The minimum atomic E-state index is -0.690. The highest BCUT2D eigenvalue weighted by atomic mass is 16.5. The molecule has 0 bridgehead atoms. The van der Waals surface area contributed by atoms with Crippen LogP contribution in [0.25, 0.3) is 6.08 Å². The van der Waals surface area contributed by atoms with Crippen molar-refractivity contribution in [2.75, 3.05) is 31.1 Å². The minimum Gasteiger partial charge on any atom is -0.427 e. The number of anilines is 1. The van der Waals surface area contributed by atoms with Gasteiger partial charge in [0.1, 0.15) is 34.8 Å². The normalized spacial score (nSPS) is 17.6. The van der Waals surface area contributed by atoms with Crippen LogP contribution in [0.3, 0.4) is 0 Å². The Morgan fingerprint density at radius 1 is 0.736 bits per heavy atom. The van der Waals surface area contributed by atoms with Gasteiger partial charge in [0.25, 0.3) is 0 Å². The van der Waals surface area contributed by atoms with Crippen LogP contribution in [0, 0.1) is 34.5 Å². The Labute approximate surface area is 315 Å². The standard InChI is InChI=1S/C45H52N4O4/c1-9-48(10-2)39-19-13-33(14-20-39)27-35(29-46)44(51)53-42-24-18-38(25-32(42)6)45(7,8)37-16-22-41(23-17-37)52-43(50)36(30-47)28-34-15-21-40(26-31(34)5)49(11-3)12-4/h13-24,27-28,31-32H,9-12,25-26H2,1-8H3/b35-27+,36-28+. The average molecular weight is 713 g/mol. The van der Waals surface area contributed by atoms with E-state index in [9.17, 15) is 20.1 Å². The zero-order valence-corrected chi connectivity index (χ0v) is 32.4. The summed E-state index contributed by atoms with van der Waals surface area (Å²) >= 11 is 0. The van der Waals surface area contributed by atoms with E-state index in [-0.39, 0.29) is 28.4 Å². The van der Waals surface area contributed by atoms with Gasteiger partial charge in [-0.25, -0.2) is 9.59 Å². The van der Waals surface area contributed by atoms with Gasteiger partial charge in [-0.2, -0.15) is 10.5 Å². The molecule has 53 heavy (non-hydrogen) atoms. The third-order valence-corrected chi connectivity index (χ3v) is 10.3. The molecule has 2 aliphatic rings. The molecule has 4 rings (SSSR count). The molecule has 0 fully saturated rings. The molecule has 0 N–H and O–H groups in total. The fourth-order valence-corrected chi connectivity index (χ4v) is 6.78. The van der Waals surface area contributed by atoms with E-state index < -0.39 is 11.9 Å². The highest BCUT2D eigenvalue weighted by molar-refractivity contribution is 5.98. The number of rotatable bonds is 14. The van der Waals surface area contributed by atoms with Crippen molar-refractivity contribution in [2.45, 2.75) is 73.6 Å². The van der Waals surface area contributed by atoms with Gasteiger partial charge in [0.15, 0.2) is 0 Å². The number of ether oxygens (including phenoxy) is 2. The van der Waals surface area contributed by atoms with Gasteiger partial charge in [0, 0.05) is 48.9 Å². The van der Waals surface area contributed by atoms with Gasteiger partial charge in [0.05, 0.1) is 0 Å². The van der Waals surface area contributed by atoms with Crippen molar-refractivity contribution >= 4 is 23.7 Å². The summed E-state index contributed by atoms with van der Waals surface area (Å²) in [4.78, 5) is 30.6. The molecule has 0 heterocycles. The summed E-state index contributed by atoms with van der Waals surface area (Å²) < 4.78 is 11.4. The summed E-state index contributed by atoms with van der Waals surface area (Å²) in [6.45, 7) is 20.5. The minimum absolute atomic E-state index is 0.0428. The maximum Gasteiger partial charge on any atom is 0.354 e. The van der Waals surface area contributed by atoms with E-state index in [2.05, 4.69) is 64.3 Å². The Morgan fingerprint density at radius 3 is 1.87 bits per heavy atom. The lowest BCUT2D eigenvalue weighted by atomic mass is 9.73. The number of hydrogen-bond acceptors (Lipinski definition) is 8. The van der Waals surface area contributed by atoms with E-state index in [1.807, 2.05) is 73.7 Å². The predicted octanol–water partition coefficient (Wildman–Crippen LogP) is 9.36. The molecule has 0 saturated heterocycles. The number of carbonyl (C=O) groups is 2. The summed E-state index contributed by atoms with van der Waals surface area (Å²) in [6, 6.07) is 19.1. The molecule has 0 amide bonds. The van der Waals surface area contributed by atoms with Crippen LogP contribution in [-0.4, -0.2) is 43.0 Å². The van der Waals surface area contributed by atoms with E-state index in [0.29, 0.717) is 17.9 Å². The molecule has 2 aliphatic carbocycles. The fourth-order valence-electron chi connectivity index (χ4n) is 6.78. The molecule has 0 aromatic heterocycles. The molecule has 0 saturated carbocycles. The van der Waals surface area contributed by atoms with Crippen LogP contribution < -0.4 is 9.64 Å². The third kappa shape index (κ3) is 9.84. The van der Waals surface area contributed by atoms with Crippen LogP contribution in [0.15, 0.2) is 113 Å². The Bertz CT molecular complexity index is 1920. The molecule has 276 valence electrons. The summed E-state index contributed by atoms with van der Waals surface area (Å²) in [5.74, 6) is -0.433. The van der Waals surface area contributed by atoms with Crippen molar-refractivity contribution in [3.8, 4) is 17.9 Å². The van der Waals surface area contributed by atoms with Crippen LogP contribution in [0.4, 0.5) is 5.69 Å². The SMILES string of the molecule is CCN(CC)C1=CC=C(/C=C(\C#N)C(=O)Oc2ccc(C(C)(C)C3=CC=C(OC(=O)/C(C#N)=C/c4ccc(N(CC)CC)cc4)C(C)C3)cc2)C(C)C1. The van der Waals surface area contributed by atoms with E-state index in [1.165, 1.54) is 5.70 Å². The van der Waals surface area contributed by atoms with E-state index >= 15 is 0 Å². The van der Waals surface area contributed by atoms with Crippen LogP contribution in [0.1, 0.15) is 79.4 Å². The first-order valence-corrected chi connectivity index (χ1v) is 18.6. The van der Waals surface area contributed by atoms with Crippen molar-refractivity contribution in [3.63, 3.8) is 0 Å². The van der Waals surface area contributed by atoms with Gasteiger partial charge < -0.3 is 19.3 Å². The second-order valence-electron chi connectivity index (χ2n) is 14.0. The summed E-state index contributed by atoms with van der Waals surface area (Å²) in [6.07, 6.45) is 12.5. The quantitative estimate of drug-likeness (QED) is 0.0826. The van der Waals surface area contributed by atoms with E-state index in [0.717, 1.165) is 60.6 Å². The largest absolute Gasteiger partial charge is 0.427 e. The molecule has 2 aromatic rings. The lowest BCUT2D eigenvalue weighted by molar-refractivity contribution is -0.135. The van der Waals surface area contributed by atoms with E-state index in [1.54, 1.807) is 24.3 Å². The van der Waals surface area contributed by atoms with Crippen molar-refractivity contribution in [2.24, 2.45) is 11.8 Å². The zero-order valence-electron chi connectivity index (χ0n) is 32.4. The second-order valence-corrected chi connectivity index (χ2v) is 14.0. The smallest absolute Gasteiger partial charge is 0.354 e. The van der Waals surface area contributed by atoms with Gasteiger partial charge in [-0.1, -0.05) is 69.7 Å². The number of nitrogens with zero attached hydrogens (tertiary/aromatic N) is 4. The number of benzene rings is 2. The predicted molar refractivity (Wildman–Crippen MR) is 211 cm³/mol. The Hall–Kier alpha value is -5.60. The Morgan fingerprint density at radius 2 is 1.32 bits per heavy atom. The maximum atomic E-state index is 13.1. The summed E-state index contributed by atoms with van der Waals surface area (Å²) in [5.41, 5.74) is 5.68. The highest BCUT2D eigenvalue weighted by Crippen LogP contribution is 2.40. The average Bonchev–Trinajstić information content (AvgIpc) is 3.16. The van der Waals surface area contributed by atoms with Crippen LogP contribution >= 0.6 is 0 Å². The number of esters is 2. The second kappa shape index (κ2) is 18.2. The molecule has 0 aliphatic heterocycles. The van der Waals surface area contributed by atoms with Crippen molar-refractivity contribution in [3.05, 3.63) is 124 Å². The molecule has 0 radical (unpaired) electrons. The third-order valence-electron chi connectivity index (χ3n) is 10.3. The van der Waals surface area contributed by atoms with Crippen molar-refractivity contribution in [1.82, 2.24) is 4.90 Å². The molecule has 2 aromatic carbocycles. The first-order chi connectivity index (χ1) is 25.4. The molecule has 8 nitrogen and oxygen atoms in total. The molecule has 2 atom stereocenters. The maximum absolute atomic E-state index is 13.1. The van der Waals surface area contributed by atoms with Crippen LogP contribution in [0.2, 0.25) is 0 Å². The number of nitriles is 2. The summed E-state index contributed by atoms with van der Waals surface area (Å²) in [5, 5.41) is 19.6. The lowest BCUT2D eigenvalue weighted by Gasteiger charge is -2.33. The van der Waals surface area contributed by atoms with Crippen LogP contribution in [-0.2, 0) is 19.7 Å². The first-order valence-electron chi connectivity index (χ1n) is 18.6. The van der Waals surface area contributed by atoms with Gasteiger partial charge in [-0.3, -0.25) is 0 Å². The van der Waals surface area contributed by atoms with Crippen LogP contribution in [0.5, 0.6) is 5.75 Å². The Kier molecular flexibility index (Phi) is 13.8. The van der Waals surface area contributed by atoms with Crippen molar-refractivity contribution in [1.29, 1.82) is 10.5 Å². The molecular weight excluding hydrogens is 661 g/mol. The first kappa shape index (κ1) is 40.2. The number of allylic oxidation sites excluding steroid dienone is 9. The van der Waals surface area contributed by atoms with Gasteiger partial charge in [-0.15, -0.1) is 0 Å². The molecule has 0 spiro atoms. The summed E-state index contributed by atoms with van der Waals surface area (Å²) in [7, 11) is 0. The highest BCUT2D eigenvalue weighted by Gasteiger charge is 2.31. The van der Waals surface area contributed by atoms with E-state index in [4.69, 9.17) is 9.47 Å². The van der Waals surface area contributed by atoms with Gasteiger partial charge in [-0.05, 0) is 112 Å². The molecular formula is C45H52N4O4. The fraction of sp³-hybridized carbons (Fsp3) is 0.378. The Balaban J connectivity index is 1.42. The lowest BCUT2D eigenvalue weighted by Crippen LogP contribution is -2.25. The van der Waals surface area contributed by atoms with Gasteiger partial charge >= 0.3 is 11.9 Å². The topological polar surface area (TPSA) is 107 Å².